The van der Waals surface area contributed by atoms with Crippen LogP contribution in [0.15, 0.2) is 30.3 Å². The average molecular weight is 317 g/mol. The molecule has 0 N–H and O–H groups in total. The van der Waals surface area contributed by atoms with Gasteiger partial charge in [0, 0.05) is 12.0 Å². The minimum Gasteiger partial charge on any atom is -0.439 e. The van der Waals surface area contributed by atoms with Crippen molar-refractivity contribution in [1.29, 1.82) is 0 Å². The summed E-state index contributed by atoms with van der Waals surface area (Å²) in [6.45, 7) is 3.79. The minimum absolute atomic E-state index is 0.0543. The van der Waals surface area contributed by atoms with Crippen LogP contribution in [0, 0.1) is 0 Å². The zero-order chi connectivity index (χ0) is 15.6. The van der Waals surface area contributed by atoms with E-state index in [1.54, 1.807) is 0 Å². The van der Waals surface area contributed by atoms with E-state index < -0.39 is 11.7 Å². The number of ether oxygens (including phenoxy) is 1. The number of hydrogen-bond acceptors (Lipinski definition) is 3. The first-order valence-electron chi connectivity index (χ1n) is 6.15. The van der Waals surface area contributed by atoms with Gasteiger partial charge in [-0.1, -0.05) is 25.4 Å². The molecule has 0 aliphatic heterocycles. The average Bonchev–Trinajstić information content (AvgIpc) is 2.37. The van der Waals surface area contributed by atoms with E-state index in [0.29, 0.717) is 5.82 Å². The molecule has 0 aliphatic rings. The summed E-state index contributed by atoms with van der Waals surface area (Å²) in [5.41, 5.74) is -0.738. The third-order valence-corrected chi connectivity index (χ3v) is 2.80. The standard InChI is InChI=1S/C14H12ClF3N2O/c1-8(2)13-19-11(15)7-12(20-13)21-10-5-3-9(4-6-10)14(16,17)18/h3-8H,1-2H3. The molecule has 0 fully saturated rings. The second kappa shape index (κ2) is 5.89. The highest BCUT2D eigenvalue weighted by molar-refractivity contribution is 6.29. The van der Waals surface area contributed by atoms with Crippen LogP contribution in [0.1, 0.15) is 31.2 Å². The van der Waals surface area contributed by atoms with Crippen molar-refractivity contribution in [3.05, 3.63) is 46.9 Å². The monoisotopic (exact) mass is 316 g/mol. The fraction of sp³-hybridized carbons (Fsp3) is 0.286. The van der Waals surface area contributed by atoms with Crippen molar-refractivity contribution in [2.75, 3.05) is 0 Å². The summed E-state index contributed by atoms with van der Waals surface area (Å²) in [5, 5.41) is 0.218. The molecule has 2 rings (SSSR count). The van der Waals surface area contributed by atoms with E-state index in [2.05, 4.69) is 9.97 Å². The molecule has 0 saturated heterocycles. The molecule has 0 amide bonds. The first-order chi connectivity index (χ1) is 9.75. The number of nitrogens with zero attached hydrogens (tertiary/aromatic N) is 2. The summed E-state index contributed by atoms with van der Waals surface area (Å²) in [5.74, 6) is 0.994. The number of rotatable bonds is 3. The Morgan fingerprint density at radius 2 is 1.71 bits per heavy atom. The van der Waals surface area contributed by atoms with Gasteiger partial charge in [0.2, 0.25) is 5.88 Å². The summed E-state index contributed by atoms with van der Waals surface area (Å²) in [4.78, 5) is 8.21. The number of alkyl halides is 3. The summed E-state index contributed by atoms with van der Waals surface area (Å²) < 4.78 is 42.8. The number of halogens is 4. The normalized spacial score (nSPS) is 11.8. The fourth-order valence-corrected chi connectivity index (χ4v) is 1.74. The van der Waals surface area contributed by atoms with E-state index in [-0.39, 0.29) is 22.7 Å². The molecule has 7 heteroatoms. The Morgan fingerprint density at radius 1 is 1.10 bits per heavy atom. The van der Waals surface area contributed by atoms with Gasteiger partial charge < -0.3 is 4.74 Å². The Labute approximate surface area is 124 Å². The molecule has 1 aromatic carbocycles. The zero-order valence-corrected chi connectivity index (χ0v) is 12.0. The Bertz CT molecular complexity index is 627. The Kier molecular flexibility index (Phi) is 4.37. The highest BCUT2D eigenvalue weighted by Crippen LogP contribution is 2.31. The quantitative estimate of drug-likeness (QED) is 0.742. The van der Waals surface area contributed by atoms with Crippen LogP contribution in [0.4, 0.5) is 13.2 Å². The maximum atomic E-state index is 12.5. The van der Waals surface area contributed by atoms with Crippen LogP contribution >= 0.6 is 11.6 Å². The van der Waals surface area contributed by atoms with E-state index in [9.17, 15) is 13.2 Å². The third kappa shape index (κ3) is 4.07. The molecule has 0 radical (unpaired) electrons. The largest absolute Gasteiger partial charge is 0.439 e. The smallest absolute Gasteiger partial charge is 0.416 e. The third-order valence-electron chi connectivity index (χ3n) is 2.61. The highest BCUT2D eigenvalue weighted by atomic mass is 35.5. The molecule has 0 atom stereocenters. The van der Waals surface area contributed by atoms with Crippen LogP contribution in [0.3, 0.4) is 0 Å². The summed E-state index contributed by atoms with van der Waals surface area (Å²) in [6.07, 6.45) is -4.37. The van der Waals surface area contributed by atoms with Gasteiger partial charge in [-0.2, -0.15) is 18.2 Å². The van der Waals surface area contributed by atoms with Crippen molar-refractivity contribution < 1.29 is 17.9 Å². The summed E-state index contributed by atoms with van der Waals surface area (Å²) in [6, 6.07) is 5.76. The molecule has 0 aliphatic carbocycles. The van der Waals surface area contributed by atoms with Crippen LogP contribution in [-0.2, 0) is 6.18 Å². The van der Waals surface area contributed by atoms with E-state index in [4.69, 9.17) is 16.3 Å². The van der Waals surface area contributed by atoms with Gasteiger partial charge >= 0.3 is 6.18 Å². The molecule has 1 aromatic heterocycles. The molecule has 0 unspecified atom stereocenters. The van der Waals surface area contributed by atoms with E-state index in [1.165, 1.54) is 18.2 Å². The first-order valence-corrected chi connectivity index (χ1v) is 6.53. The highest BCUT2D eigenvalue weighted by Gasteiger charge is 2.30. The van der Waals surface area contributed by atoms with Crippen molar-refractivity contribution in [3.63, 3.8) is 0 Å². The molecule has 21 heavy (non-hydrogen) atoms. The minimum atomic E-state index is -4.37. The first kappa shape index (κ1) is 15.6. The van der Waals surface area contributed by atoms with Gasteiger partial charge in [0.25, 0.3) is 0 Å². The predicted molar refractivity (Wildman–Crippen MR) is 72.6 cm³/mol. The lowest BCUT2D eigenvalue weighted by atomic mass is 10.2. The maximum absolute atomic E-state index is 12.5. The van der Waals surface area contributed by atoms with Crippen LogP contribution in [0.2, 0.25) is 5.15 Å². The molecular formula is C14H12ClF3N2O. The van der Waals surface area contributed by atoms with Crippen molar-refractivity contribution in [2.24, 2.45) is 0 Å². The van der Waals surface area contributed by atoms with Gasteiger partial charge in [-0.3, -0.25) is 0 Å². The van der Waals surface area contributed by atoms with Crippen LogP contribution < -0.4 is 4.74 Å². The molecule has 0 spiro atoms. The topological polar surface area (TPSA) is 35.0 Å². The SMILES string of the molecule is CC(C)c1nc(Cl)cc(Oc2ccc(C(F)(F)F)cc2)n1. The van der Waals surface area contributed by atoms with Crippen molar-refractivity contribution in [1.82, 2.24) is 9.97 Å². The number of benzene rings is 1. The van der Waals surface area contributed by atoms with Gasteiger partial charge in [-0.25, -0.2) is 4.98 Å². The molecule has 112 valence electrons. The molecule has 2 aromatic rings. The second-order valence-corrected chi connectivity index (χ2v) is 5.05. The number of aromatic nitrogens is 2. The molecule has 0 saturated carbocycles. The predicted octanol–water partition coefficient (Wildman–Crippen LogP) is 5.06. The van der Waals surface area contributed by atoms with E-state index in [1.807, 2.05) is 13.8 Å². The number of hydrogen-bond donors (Lipinski definition) is 0. The Hall–Kier alpha value is -1.82. The molecule has 0 bridgehead atoms. The van der Waals surface area contributed by atoms with Crippen LogP contribution in [-0.4, -0.2) is 9.97 Å². The van der Waals surface area contributed by atoms with Gasteiger partial charge in [0.15, 0.2) is 0 Å². The lowest BCUT2D eigenvalue weighted by Gasteiger charge is -2.10. The molecular weight excluding hydrogens is 305 g/mol. The van der Waals surface area contributed by atoms with Gasteiger partial charge in [-0.15, -0.1) is 0 Å². The van der Waals surface area contributed by atoms with Crippen molar-refractivity contribution in [3.8, 4) is 11.6 Å². The van der Waals surface area contributed by atoms with Crippen LogP contribution in [0.5, 0.6) is 11.6 Å². The lowest BCUT2D eigenvalue weighted by Crippen LogP contribution is -2.04. The Balaban J connectivity index is 2.22. The maximum Gasteiger partial charge on any atom is 0.416 e. The van der Waals surface area contributed by atoms with Gasteiger partial charge in [-0.05, 0) is 24.3 Å². The van der Waals surface area contributed by atoms with E-state index >= 15 is 0 Å². The van der Waals surface area contributed by atoms with E-state index in [0.717, 1.165) is 12.1 Å². The fourth-order valence-electron chi connectivity index (χ4n) is 1.56. The Morgan fingerprint density at radius 3 is 2.24 bits per heavy atom. The van der Waals surface area contributed by atoms with Gasteiger partial charge in [0.1, 0.15) is 16.7 Å². The van der Waals surface area contributed by atoms with Crippen molar-refractivity contribution in [2.45, 2.75) is 25.9 Å². The zero-order valence-electron chi connectivity index (χ0n) is 11.3. The molecule has 1 heterocycles. The lowest BCUT2D eigenvalue weighted by molar-refractivity contribution is -0.137. The summed E-state index contributed by atoms with van der Waals surface area (Å²) >= 11 is 5.87. The van der Waals surface area contributed by atoms with Crippen molar-refractivity contribution >= 4 is 11.6 Å². The second-order valence-electron chi connectivity index (χ2n) is 4.67. The van der Waals surface area contributed by atoms with Gasteiger partial charge in [0.05, 0.1) is 5.56 Å². The summed E-state index contributed by atoms with van der Waals surface area (Å²) in [7, 11) is 0. The van der Waals surface area contributed by atoms with Crippen LogP contribution in [0.25, 0.3) is 0 Å². The molecule has 3 nitrogen and oxygen atoms in total.